The molecule has 94 valence electrons. The van der Waals surface area contributed by atoms with Crippen LogP contribution in [0.1, 0.15) is 26.2 Å². The van der Waals surface area contributed by atoms with E-state index < -0.39 is 23.8 Å². The van der Waals surface area contributed by atoms with Crippen molar-refractivity contribution in [1.82, 2.24) is 0 Å². The summed E-state index contributed by atoms with van der Waals surface area (Å²) in [4.78, 5) is 21.9. The third kappa shape index (κ3) is 4.56. The van der Waals surface area contributed by atoms with Crippen molar-refractivity contribution in [1.29, 1.82) is 0 Å². The molecule has 16 heavy (non-hydrogen) atoms. The Morgan fingerprint density at radius 3 is 2.38 bits per heavy atom. The summed E-state index contributed by atoms with van der Waals surface area (Å²) in [6, 6.07) is 0. The van der Waals surface area contributed by atoms with E-state index in [1.165, 1.54) is 6.92 Å². The van der Waals surface area contributed by atoms with Crippen molar-refractivity contribution < 1.29 is 24.5 Å². The van der Waals surface area contributed by atoms with E-state index in [-0.39, 0.29) is 6.42 Å². The molecule has 7 heteroatoms. The van der Waals surface area contributed by atoms with Gasteiger partial charge in [-0.15, -0.1) is 0 Å². The third-order valence-corrected chi connectivity index (χ3v) is 1.99. The molecule has 0 aliphatic rings. The number of unbranched alkanes of at least 4 members (excludes halogenated alkanes) is 1. The average molecular weight is 234 g/mol. The zero-order chi connectivity index (χ0) is 12.8. The molecule has 0 fully saturated rings. The number of ether oxygens (including phenoxy) is 1. The van der Waals surface area contributed by atoms with Crippen LogP contribution in [0.25, 0.3) is 0 Å². The molecule has 0 saturated carbocycles. The second-order valence-corrected chi connectivity index (χ2v) is 3.54. The van der Waals surface area contributed by atoms with Crippen molar-refractivity contribution in [2.24, 2.45) is 11.5 Å². The number of hydrogen-bond donors (Lipinski definition) is 4. The highest BCUT2D eigenvalue weighted by molar-refractivity contribution is 5.82. The van der Waals surface area contributed by atoms with Crippen molar-refractivity contribution in [2.75, 3.05) is 6.54 Å². The lowest BCUT2D eigenvalue weighted by atomic mass is 10.1. The first-order valence-electron chi connectivity index (χ1n) is 4.96. The molecular weight excluding hydrogens is 216 g/mol. The zero-order valence-corrected chi connectivity index (χ0v) is 9.18. The van der Waals surface area contributed by atoms with Crippen LogP contribution in [0.2, 0.25) is 0 Å². The molecule has 2 unspecified atom stereocenters. The Kier molecular flexibility index (Phi) is 5.94. The van der Waals surface area contributed by atoms with Gasteiger partial charge in [0.05, 0.1) is 0 Å². The van der Waals surface area contributed by atoms with Crippen molar-refractivity contribution in [2.45, 2.75) is 38.0 Å². The molecule has 0 aromatic heterocycles. The number of aliphatic hydroxyl groups is 1. The highest BCUT2D eigenvalue weighted by Gasteiger charge is 2.38. The van der Waals surface area contributed by atoms with Gasteiger partial charge in [-0.3, -0.25) is 5.73 Å². The third-order valence-electron chi connectivity index (χ3n) is 1.99. The van der Waals surface area contributed by atoms with Crippen molar-refractivity contribution in [3.63, 3.8) is 0 Å². The Bertz CT molecular complexity index is 256. The van der Waals surface area contributed by atoms with Gasteiger partial charge in [-0.05, 0) is 26.3 Å². The predicted octanol–water partition coefficient (Wildman–Crippen LogP) is -1.22. The molecule has 0 rings (SSSR count). The number of carboxylic acids is 1. The van der Waals surface area contributed by atoms with Gasteiger partial charge >= 0.3 is 11.9 Å². The number of aliphatic hydroxyl groups excluding tert-OH is 1. The second kappa shape index (κ2) is 6.41. The van der Waals surface area contributed by atoms with Crippen LogP contribution in [0.3, 0.4) is 0 Å². The maximum atomic E-state index is 11.1. The number of rotatable bonds is 7. The fourth-order valence-electron chi connectivity index (χ4n) is 0.998. The summed E-state index contributed by atoms with van der Waals surface area (Å²) in [6.07, 6.45) is -0.445. The van der Waals surface area contributed by atoms with Gasteiger partial charge in [0.25, 0.3) is 5.72 Å². The van der Waals surface area contributed by atoms with E-state index in [1.54, 1.807) is 0 Å². The van der Waals surface area contributed by atoms with E-state index in [2.05, 4.69) is 4.74 Å². The molecule has 0 spiro atoms. The molecule has 0 bridgehead atoms. The Balaban J connectivity index is 4.45. The van der Waals surface area contributed by atoms with Crippen LogP contribution in [-0.2, 0) is 14.3 Å². The number of carboxylic acid groups (broad SMARTS) is 1. The van der Waals surface area contributed by atoms with Crippen molar-refractivity contribution in [3.8, 4) is 0 Å². The normalized spacial score (nSPS) is 16.2. The summed E-state index contributed by atoms with van der Waals surface area (Å²) < 4.78 is 4.56. The quantitative estimate of drug-likeness (QED) is 0.246. The van der Waals surface area contributed by atoms with E-state index in [9.17, 15) is 9.59 Å². The van der Waals surface area contributed by atoms with E-state index in [0.717, 1.165) is 0 Å². The first-order valence-corrected chi connectivity index (χ1v) is 4.96. The van der Waals surface area contributed by atoms with Gasteiger partial charge in [0.2, 0.25) is 0 Å². The average Bonchev–Trinajstić information content (AvgIpc) is 2.17. The standard InChI is InChI=1S/C9H18N2O5/c1-6(12)7(13)16-9(11,8(14)15)4-2-3-5-10/h6,12H,2-5,10-11H2,1H3,(H,14,15). The van der Waals surface area contributed by atoms with Crippen LogP contribution in [0.15, 0.2) is 0 Å². The number of carbonyl (C=O) groups excluding carboxylic acids is 1. The van der Waals surface area contributed by atoms with E-state index in [0.29, 0.717) is 19.4 Å². The molecule has 0 heterocycles. The summed E-state index contributed by atoms with van der Waals surface area (Å²) in [5, 5.41) is 17.7. The lowest BCUT2D eigenvalue weighted by Crippen LogP contribution is -2.53. The lowest BCUT2D eigenvalue weighted by Gasteiger charge is -2.25. The molecule has 0 amide bonds. The fraction of sp³-hybridized carbons (Fsp3) is 0.778. The minimum absolute atomic E-state index is 0.0437. The molecule has 0 aliphatic heterocycles. The van der Waals surface area contributed by atoms with Crippen molar-refractivity contribution in [3.05, 3.63) is 0 Å². The molecule has 0 aromatic rings. The van der Waals surface area contributed by atoms with E-state index in [4.69, 9.17) is 21.7 Å². The predicted molar refractivity (Wildman–Crippen MR) is 55.2 cm³/mol. The molecular formula is C9H18N2O5. The molecule has 0 aromatic carbocycles. The highest BCUT2D eigenvalue weighted by atomic mass is 16.6. The Hall–Kier alpha value is -1.18. The zero-order valence-electron chi connectivity index (χ0n) is 9.18. The number of nitrogens with two attached hydrogens (primary N) is 2. The minimum Gasteiger partial charge on any atom is -0.477 e. The van der Waals surface area contributed by atoms with Crippen LogP contribution < -0.4 is 11.5 Å². The summed E-state index contributed by atoms with van der Waals surface area (Å²) >= 11 is 0. The first-order chi connectivity index (χ1) is 7.33. The molecule has 2 atom stereocenters. The number of carbonyl (C=O) groups is 2. The molecule has 6 N–H and O–H groups in total. The topological polar surface area (TPSA) is 136 Å². The Labute approximate surface area is 93.4 Å². The van der Waals surface area contributed by atoms with Crippen LogP contribution in [0, 0.1) is 0 Å². The maximum absolute atomic E-state index is 11.1. The van der Waals surface area contributed by atoms with Gasteiger partial charge in [0.15, 0.2) is 0 Å². The van der Waals surface area contributed by atoms with Crippen LogP contribution in [0.5, 0.6) is 0 Å². The van der Waals surface area contributed by atoms with Crippen LogP contribution in [0.4, 0.5) is 0 Å². The SMILES string of the molecule is CC(O)C(=O)OC(N)(CCCCN)C(=O)O. The van der Waals surface area contributed by atoms with Crippen LogP contribution in [-0.4, -0.2) is 40.5 Å². The van der Waals surface area contributed by atoms with E-state index in [1.807, 2.05) is 0 Å². The molecule has 0 aliphatic carbocycles. The van der Waals surface area contributed by atoms with E-state index >= 15 is 0 Å². The summed E-state index contributed by atoms with van der Waals surface area (Å²) in [5.74, 6) is -2.50. The van der Waals surface area contributed by atoms with Gasteiger partial charge in [0, 0.05) is 6.42 Å². The molecule has 0 saturated heterocycles. The largest absolute Gasteiger partial charge is 0.477 e. The van der Waals surface area contributed by atoms with Crippen molar-refractivity contribution >= 4 is 11.9 Å². The number of aliphatic carboxylic acids is 1. The fourth-order valence-corrected chi connectivity index (χ4v) is 0.998. The smallest absolute Gasteiger partial charge is 0.363 e. The monoisotopic (exact) mass is 234 g/mol. The maximum Gasteiger partial charge on any atom is 0.363 e. The Morgan fingerprint density at radius 1 is 1.44 bits per heavy atom. The lowest BCUT2D eigenvalue weighted by molar-refractivity contribution is -0.184. The van der Waals surface area contributed by atoms with Gasteiger partial charge in [0.1, 0.15) is 6.10 Å². The highest BCUT2D eigenvalue weighted by Crippen LogP contribution is 2.14. The molecule has 0 radical (unpaired) electrons. The minimum atomic E-state index is -2.09. The van der Waals surface area contributed by atoms with Gasteiger partial charge in [-0.1, -0.05) is 0 Å². The first kappa shape index (κ1) is 14.8. The summed E-state index contributed by atoms with van der Waals surface area (Å²) in [5.41, 5.74) is 8.58. The van der Waals surface area contributed by atoms with Gasteiger partial charge in [-0.25, -0.2) is 9.59 Å². The summed E-state index contributed by atoms with van der Waals surface area (Å²) in [6.45, 7) is 1.57. The number of esters is 1. The summed E-state index contributed by atoms with van der Waals surface area (Å²) in [7, 11) is 0. The van der Waals surface area contributed by atoms with Gasteiger partial charge in [-0.2, -0.15) is 0 Å². The van der Waals surface area contributed by atoms with Crippen LogP contribution >= 0.6 is 0 Å². The number of hydrogen-bond acceptors (Lipinski definition) is 6. The Morgan fingerprint density at radius 2 is 2.00 bits per heavy atom. The second-order valence-electron chi connectivity index (χ2n) is 3.54. The van der Waals surface area contributed by atoms with Gasteiger partial charge < -0.3 is 20.7 Å². The molecule has 7 nitrogen and oxygen atoms in total.